The molecule has 0 aromatic heterocycles. The lowest BCUT2D eigenvalue weighted by molar-refractivity contribution is -0.137. The molecule has 0 radical (unpaired) electrons. The number of hydrogen-bond donors (Lipinski definition) is 1. The third-order valence-corrected chi connectivity index (χ3v) is 4.44. The third-order valence-electron chi connectivity index (χ3n) is 4.20. The van der Waals surface area contributed by atoms with Crippen LogP contribution in [0.25, 0.3) is 0 Å². The van der Waals surface area contributed by atoms with Gasteiger partial charge in [0.05, 0.1) is 6.42 Å². The fraction of sp³-hybridized carbons (Fsp3) is 0.533. The molecule has 2 rings (SSSR count). The molecule has 0 amide bonds. The molecule has 1 heterocycles. The van der Waals surface area contributed by atoms with E-state index in [1.165, 1.54) is 5.56 Å². The van der Waals surface area contributed by atoms with Gasteiger partial charge in [-0.25, -0.2) is 0 Å². The van der Waals surface area contributed by atoms with Crippen molar-refractivity contribution in [2.75, 3.05) is 13.1 Å². The zero-order valence-electron chi connectivity index (χ0n) is 11.4. The van der Waals surface area contributed by atoms with Crippen molar-refractivity contribution in [2.45, 2.75) is 38.1 Å². The highest BCUT2D eigenvalue weighted by molar-refractivity contribution is 6.30. The van der Waals surface area contributed by atoms with Gasteiger partial charge >= 0.3 is 5.97 Å². The van der Waals surface area contributed by atoms with Crippen LogP contribution in [0.1, 0.15) is 38.2 Å². The van der Waals surface area contributed by atoms with Gasteiger partial charge in [0.1, 0.15) is 0 Å². The molecule has 1 N–H and O–H groups in total. The summed E-state index contributed by atoms with van der Waals surface area (Å²) in [6, 6.07) is 8.00. The van der Waals surface area contributed by atoms with E-state index in [2.05, 4.69) is 24.8 Å². The first-order chi connectivity index (χ1) is 8.91. The van der Waals surface area contributed by atoms with Gasteiger partial charge < -0.3 is 5.11 Å². The van der Waals surface area contributed by atoms with E-state index in [1.54, 1.807) is 0 Å². The molecule has 1 aromatic carbocycles. The van der Waals surface area contributed by atoms with Crippen LogP contribution >= 0.6 is 11.6 Å². The van der Waals surface area contributed by atoms with Crippen LogP contribution in [0.3, 0.4) is 0 Å². The Morgan fingerprint density at radius 2 is 2.26 bits per heavy atom. The van der Waals surface area contributed by atoms with E-state index >= 15 is 0 Å². The largest absolute Gasteiger partial charge is 0.481 e. The highest BCUT2D eigenvalue weighted by Crippen LogP contribution is 2.42. The van der Waals surface area contributed by atoms with Gasteiger partial charge in [0.25, 0.3) is 0 Å². The van der Waals surface area contributed by atoms with Crippen LogP contribution in [0, 0.1) is 0 Å². The van der Waals surface area contributed by atoms with Crippen molar-refractivity contribution < 1.29 is 9.90 Å². The zero-order valence-corrected chi connectivity index (χ0v) is 12.2. The molecule has 1 unspecified atom stereocenters. The standard InChI is InChI=1S/C15H20ClNO2/c1-15(2)13(11-4-3-5-12(16)10-11)6-8-17(15)9-7-14(18)19/h3-5,10,13H,6-9H2,1-2H3,(H,18,19). The second-order valence-corrected chi connectivity index (χ2v) is 6.12. The van der Waals surface area contributed by atoms with Crippen LogP contribution < -0.4 is 0 Å². The average molecular weight is 282 g/mol. The Kier molecular flexibility index (Phi) is 4.16. The number of halogens is 1. The van der Waals surface area contributed by atoms with Crippen molar-refractivity contribution in [3.05, 3.63) is 34.9 Å². The first-order valence-corrected chi connectivity index (χ1v) is 7.01. The number of carbonyl (C=O) groups is 1. The van der Waals surface area contributed by atoms with Gasteiger partial charge in [-0.05, 0) is 44.5 Å². The molecule has 0 aliphatic carbocycles. The summed E-state index contributed by atoms with van der Waals surface area (Å²) in [5, 5.41) is 9.58. The number of rotatable bonds is 4. The van der Waals surface area contributed by atoms with Crippen LogP contribution in [0.5, 0.6) is 0 Å². The molecule has 0 spiro atoms. The predicted octanol–water partition coefficient (Wildman–Crippen LogP) is 3.38. The molecule has 1 atom stereocenters. The number of carboxylic acids is 1. The Morgan fingerprint density at radius 3 is 2.89 bits per heavy atom. The fourth-order valence-electron chi connectivity index (χ4n) is 3.08. The van der Waals surface area contributed by atoms with E-state index in [-0.39, 0.29) is 12.0 Å². The Hall–Kier alpha value is -1.06. The molecule has 0 saturated carbocycles. The summed E-state index contributed by atoms with van der Waals surface area (Å²) < 4.78 is 0. The SMILES string of the molecule is CC1(C)C(c2cccc(Cl)c2)CCN1CCC(=O)O. The van der Waals surface area contributed by atoms with Gasteiger partial charge in [0.15, 0.2) is 0 Å². The molecular weight excluding hydrogens is 262 g/mol. The molecule has 3 nitrogen and oxygen atoms in total. The lowest BCUT2D eigenvalue weighted by Crippen LogP contribution is -2.42. The predicted molar refractivity (Wildman–Crippen MR) is 76.7 cm³/mol. The van der Waals surface area contributed by atoms with Crippen LogP contribution in [-0.4, -0.2) is 34.6 Å². The van der Waals surface area contributed by atoms with Crippen LogP contribution in [-0.2, 0) is 4.79 Å². The number of nitrogens with zero attached hydrogens (tertiary/aromatic N) is 1. The third kappa shape index (κ3) is 3.10. The van der Waals surface area contributed by atoms with Crippen LogP contribution in [0.4, 0.5) is 0 Å². The van der Waals surface area contributed by atoms with Crippen molar-refractivity contribution >= 4 is 17.6 Å². The van der Waals surface area contributed by atoms with Crippen molar-refractivity contribution in [3.63, 3.8) is 0 Å². The number of benzene rings is 1. The number of carboxylic acid groups (broad SMARTS) is 1. The second kappa shape index (κ2) is 5.51. The monoisotopic (exact) mass is 281 g/mol. The molecule has 1 aliphatic heterocycles. The van der Waals surface area contributed by atoms with E-state index in [0.717, 1.165) is 18.0 Å². The molecule has 104 valence electrons. The summed E-state index contributed by atoms with van der Waals surface area (Å²) in [4.78, 5) is 13.0. The first-order valence-electron chi connectivity index (χ1n) is 6.63. The summed E-state index contributed by atoms with van der Waals surface area (Å²) in [7, 11) is 0. The van der Waals surface area contributed by atoms with Crippen molar-refractivity contribution in [2.24, 2.45) is 0 Å². The van der Waals surface area contributed by atoms with Gasteiger partial charge in [0, 0.05) is 23.0 Å². The highest BCUT2D eigenvalue weighted by Gasteiger charge is 2.41. The molecule has 4 heteroatoms. The Morgan fingerprint density at radius 1 is 1.53 bits per heavy atom. The minimum atomic E-state index is -0.734. The summed E-state index contributed by atoms with van der Waals surface area (Å²) in [5.74, 6) is -0.331. The van der Waals surface area contributed by atoms with Gasteiger partial charge in [0.2, 0.25) is 0 Å². The summed E-state index contributed by atoms with van der Waals surface area (Å²) in [6.07, 6.45) is 1.25. The van der Waals surface area contributed by atoms with Gasteiger partial charge in [-0.2, -0.15) is 0 Å². The highest BCUT2D eigenvalue weighted by atomic mass is 35.5. The molecule has 0 bridgehead atoms. The minimum Gasteiger partial charge on any atom is -0.481 e. The molecular formula is C15H20ClNO2. The first kappa shape index (κ1) is 14.4. The fourth-order valence-corrected chi connectivity index (χ4v) is 3.27. The second-order valence-electron chi connectivity index (χ2n) is 5.68. The van der Waals surface area contributed by atoms with Crippen molar-refractivity contribution in [3.8, 4) is 0 Å². The molecule has 19 heavy (non-hydrogen) atoms. The maximum atomic E-state index is 10.7. The molecule has 1 saturated heterocycles. The number of hydrogen-bond acceptors (Lipinski definition) is 2. The summed E-state index contributed by atoms with van der Waals surface area (Å²) in [6.45, 7) is 5.93. The minimum absolute atomic E-state index is 0.0276. The number of likely N-dealkylation sites (tertiary alicyclic amines) is 1. The van der Waals surface area contributed by atoms with E-state index < -0.39 is 5.97 Å². The van der Waals surface area contributed by atoms with Crippen LogP contribution in [0.2, 0.25) is 5.02 Å². The lowest BCUT2D eigenvalue weighted by atomic mass is 9.83. The zero-order chi connectivity index (χ0) is 14.0. The quantitative estimate of drug-likeness (QED) is 0.920. The number of aliphatic carboxylic acids is 1. The van der Waals surface area contributed by atoms with Crippen molar-refractivity contribution in [1.82, 2.24) is 4.90 Å². The molecule has 1 fully saturated rings. The Bertz CT molecular complexity index is 473. The van der Waals surface area contributed by atoms with Crippen LogP contribution in [0.15, 0.2) is 24.3 Å². The molecule has 1 aliphatic rings. The smallest absolute Gasteiger partial charge is 0.304 e. The lowest BCUT2D eigenvalue weighted by Gasteiger charge is -2.36. The van der Waals surface area contributed by atoms with Gasteiger partial charge in [-0.3, -0.25) is 9.69 Å². The Labute approximate surface area is 119 Å². The maximum Gasteiger partial charge on any atom is 0.304 e. The molecule has 1 aromatic rings. The van der Waals surface area contributed by atoms with E-state index in [9.17, 15) is 4.79 Å². The van der Waals surface area contributed by atoms with Gasteiger partial charge in [-0.15, -0.1) is 0 Å². The topological polar surface area (TPSA) is 40.5 Å². The van der Waals surface area contributed by atoms with E-state index in [0.29, 0.717) is 12.5 Å². The summed E-state index contributed by atoms with van der Waals surface area (Å²) in [5.41, 5.74) is 1.22. The van der Waals surface area contributed by atoms with Gasteiger partial charge in [-0.1, -0.05) is 23.7 Å². The normalized spacial score (nSPS) is 22.6. The van der Waals surface area contributed by atoms with Crippen molar-refractivity contribution in [1.29, 1.82) is 0 Å². The maximum absolute atomic E-state index is 10.7. The van der Waals surface area contributed by atoms with E-state index in [1.807, 2.05) is 18.2 Å². The van der Waals surface area contributed by atoms with E-state index in [4.69, 9.17) is 16.7 Å². The Balaban J connectivity index is 2.14. The average Bonchev–Trinajstić information content (AvgIpc) is 2.61. The summed E-state index contributed by atoms with van der Waals surface area (Å²) >= 11 is 6.06.